The molecule has 0 aromatic carbocycles. The highest BCUT2D eigenvalue weighted by Gasteiger charge is 2.01. The van der Waals surface area contributed by atoms with Gasteiger partial charge in [0, 0.05) is 25.2 Å². The molecule has 0 saturated heterocycles. The van der Waals surface area contributed by atoms with Gasteiger partial charge in [0.1, 0.15) is 0 Å². The van der Waals surface area contributed by atoms with Gasteiger partial charge < -0.3 is 0 Å². The molecule has 0 saturated carbocycles. The molecule has 0 N–H and O–H groups in total. The quantitative estimate of drug-likeness (QED) is 0.561. The van der Waals surface area contributed by atoms with Gasteiger partial charge in [0.05, 0.1) is 0 Å². The van der Waals surface area contributed by atoms with Crippen LogP contribution in [-0.4, -0.2) is 16.9 Å². The van der Waals surface area contributed by atoms with Crippen LogP contribution in [0.25, 0.3) is 0 Å². The molecule has 0 rings (SSSR count). The van der Waals surface area contributed by atoms with E-state index in [-0.39, 0.29) is 5.91 Å². The first-order valence-corrected chi connectivity index (χ1v) is 3.46. The van der Waals surface area contributed by atoms with Crippen LogP contribution in [0, 0.1) is 0 Å². The van der Waals surface area contributed by atoms with Crippen LogP contribution in [0.1, 0.15) is 26.7 Å². The van der Waals surface area contributed by atoms with Crippen LogP contribution in [0.15, 0.2) is 0 Å². The molecule has 0 aliphatic carbocycles. The highest BCUT2D eigenvalue weighted by Crippen LogP contribution is 1.97. The van der Waals surface area contributed by atoms with Gasteiger partial charge >= 0.3 is 0 Å². The molecule has 0 radical (unpaired) electrons. The SMILES string of the molecule is CCCCN(Cl)C(C)=O. The van der Waals surface area contributed by atoms with Crippen LogP contribution >= 0.6 is 11.8 Å². The Hall–Kier alpha value is -0.240. The number of hydrogen-bond acceptors (Lipinski definition) is 1. The molecular formula is C6H12ClNO. The maximum atomic E-state index is 10.4. The first-order valence-electron chi connectivity index (χ1n) is 3.12. The Kier molecular flexibility index (Phi) is 4.50. The number of unbranched alkanes of at least 4 members (excludes halogenated alkanes) is 1. The van der Waals surface area contributed by atoms with E-state index in [0.717, 1.165) is 12.8 Å². The zero-order chi connectivity index (χ0) is 7.28. The lowest BCUT2D eigenvalue weighted by Crippen LogP contribution is -2.18. The van der Waals surface area contributed by atoms with E-state index in [0.29, 0.717) is 6.54 Å². The van der Waals surface area contributed by atoms with E-state index in [1.165, 1.54) is 11.3 Å². The number of rotatable bonds is 3. The summed E-state index contributed by atoms with van der Waals surface area (Å²) in [5, 5.41) is 0. The Bertz CT molecular complexity index is 95.1. The average molecular weight is 150 g/mol. The van der Waals surface area contributed by atoms with Gasteiger partial charge in [-0.15, -0.1) is 0 Å². The molecule has 0 aliphatic heterocycles. The summed E-state index contributed by atoms with van der Waals surface area (Å²) in [7, 11) is 0. The summed E-state index contributed by atoms with van der Waals surface area (Å²) in [6, 6.07) is 0. The van der Waals surface area contributed by atoms with Gasteiger partial charge in [-0.25, -0.2) is 0 Å². The van der Waals surface area contributed by atoms with Crippen molar-refractivity contribution in [2.45, 2.75) is 26.7 Å². The summed E-state index contributed by atoms with van der Waals surface area (Å²) in [5.41, 5.74) is 0. The monoisotopic (exact) mass is 149 g/mol. The molecule has 9 heavy (non-hydrogen) atoms. The molecule has 0 fully saturated rings. The second-order valence-electron chi connectivity index (χ2n) is 1.96. The van der Waals surface area contributed by atoms with Gasteiger partial charge in [-0.1, -0.05) is 13.3 Å². The van der Waals surface area contributed by atoms with Crippen molar-refractivity contribution in [3.8, 4) is 0 Å². The highest BCUT2D eigenvalue weighted by atomic mass is 35.5. The van der Waals surface area contributed by atoms with Crippen molar-refractivity contribution in [3.63, 3.8) is 0 Å². The Morgan fingerprint density at radius 3 is 2.56 bits per heavy atom. The number of halogens is 1. The largest absolute Gasteiger partial charge is 0.274 e. The standard InChI is InChI=1S/C6H12ClNO/c1-3-4-5-8(7)6(2)9/h3-5H2,1-2H3. The maximum Gasteiger partial charge on any atom is 0.233 e. The van der Waals surface area contributed by atoms with E-state index < -0.39 is 0 Å². The topological polar surface area (TPSA) is 20.3 Å². The summed E-state index contributed by atoms with van der Waals surface area (Å²) in [6.45, 7) is 4.18. The van der Waals surface area contributed by atoms with Crippen LogP contribution in [-0.2, 0) is 4.79 Å². The second-order valence-corrected chi connectivity index (χ2v) is 2.37. The lowest BCUT2D eigenvalue weighted by molar-refractivity contribution is -0.124. The van der Waals surface area contributed by atoms with Crippen molar-refractivity contribution < 1.29 is 4.79 Å². The van der Waals surface area contributed by atoms with Crippen molar-refractivity contribution in [3.05, 3.63) is 0 Å². The average Bonchev–Trinajstić information content (AvgIpc) is 1.82. The first kappa shape index (κ1) is 8.76. The van der Waals surface area contributed by atoms with Gasteiger partial charge in [-0.3, -0.25) is 9.21 Å². The summed E-state index contributed by atoms with van der Waals surface area (Å²) < 4.78 is 1.21. The first-order chi connectivity index (χ1) is 4.18. The minimum Gasteiger partial charge on any atom is -0.274 e. The maximum absolute atomic E-state index is 10.4. The molecule has 0 bridgehead atoms. The lowest BCUT2D eigenvalue weighted by atomic mass is 10.3. The minimum absolute atomic E-state index is 0.0786. The summed E-state index contributed by atoms with van der Waals surface area (Å²) in [4.78, 5) is 10.4. The van der Waals surface area contributed by atoms with E-state index in [9.17, 15) is 4.79 Å². The summed E-state index contributed by atoms with van der Waals surface area (Å²) in [5.74, 6) is -0.0786. The van der Waals surface area contributed by atoms with Crippen molar-refractivity contribution in [1.29, 1.82) is 0 Å². The van der Waals surface area contributed by atoms with E-state index in [4.69, 9.17) is 11.8 Å². The Morgan fingerprint density at radius 2 is 2.22 bits per heavy atom. The zero-order valence-corrected chi connectivity index (χ0v) is 6.61. The van der Waals surface area contributed by atoms with Gasteiger partial charge in [-0.05, 0) is 6.42 Å². The van der Waals surface area contributed by atoms with E-state index >= 15 is 0 Å². The molecule has 0 atom stereocenters. The van der Waals surface area contributed by atoms with Gasteiger partial charge in [0.2, 0.25) is 5.91 Å². The number of carbonyl (C=O) groups is 1. The third kappa shape index (κ3) is 4.28. The highest BCUT2D eigenvalue weighted by molar-refractivity contribution is 6.20. The van der Waals surface area contributed by atoms with Gasteiger partial charge in [0.15, 0.2) is 0 Å². The molecule has 0 unspecified atom stereocenters. The second kappa shape index (κ2) is 4.62. The number of amides is 1. The summed E-state index contributed by atoms with van der Waals surface area (Å²) in [6.07, 6.45) is 2.04. The molecule has 3 heteroatoms. The van der Waals surface area contributed by atoms with Crippen LogP contribution in [0.2, 0.25) is 0 Å². The fourth-order valence-electron chi connectivity index (χ4n) is 0.454. The van der Waals surface area contributed by atoms with Gasteiger partial charge in [-0.2, -0.15) is 0 Å². The smallest absolute Gasteiger partial charge is 0.233 e. The number of nitrogens with zero attached hydrogens (tertiary/aromatic N) is 1. The molecule has 0 aromatic rings. The fraction of sp³-hybridized carbons (Fsp3) is 0.833. The molecule has 0 spiro atoms. The van der Waals surface area contributed by atoms with E-state index in [1.54, 1.807) is 0 Å². The summed E-state index contributed by atoms with van der Waals surface area (Å²) >= 11 is 5.48. The fourth-order valence-corrected chi connectivity index (χ4v) is 0.574. The molecule has 0 aliphatic rings. The lowest BCUT2D eigenvalue weighted by Gasteiger charge is -2.08. The predicted octanol–water partition coefficient (Wildman–Crippen LogP) is 1.79. The minimum atomic E-state index is -0.0786. The molecule has 0 heterocycles. The predicted molar refractivity (Wildman–Crippen MR) is 38.1 cm³/mol. The molecule has 0 aromatic heterocycles. The number of hydrogen-bond donors (Lipinski definition) is 0. The van der Waals surface area contributed by atoms with Crippen LogP contribution < -0.4 is 0 Å². The van der Waals surface area contributed by atoms with Crippen LogP contribution in [0.3, 0.4) is 0 Å². The van der Waals surface area contributed by atoms with Crippen molar-refractivity contribution in [1.82, 2.24) is 4.42 Å². The van der Waals surface area contributed by atoms with Crippen LogP contribution in [0.5, 0.6) is 0 Å². The molecule has 1 amide bonds. The Labute approximate surface area is 60.9 Å². The van der Waals surface area contributed by atoms with Crippen molar-refractivity contribution in [2.75, 3.05) is 6.54 Å². The van der Waals surface area contributed by atoms with E-state index in [1.807, 2.05) is 0 Å². The molecule has 54 valence electrons. The van der Waals surface area contributed by atoms with Crippen molar-refractivity contribution >= 4 is 17.7 Å². The third-order valence-corrected chi connectivity index (χ3v) is 1.46. The van der Waals surface area contributed by atoms with Crippen LogP contribution in [0.4, 0.5) is 0 Å². The zero-order valence-electron chi connectivity index (χ0n) is 5.85. The van der Waals surface area contributed by atoms with E-state index in [2.05, 4.69) is 6.92 Å². The molecular weight excluding hydrogens is 138 g/mol. The third-order valence-electron chi connectivity index (χ3n) is 1.05. The normalized spacial score (nSPS) is 9.22. The number of carbonyl (C=O) groups excluding carboxylic acids is 1. The Balaban J connectivity index is 3.27. The Morgan fingerprint density at radius 1 is 1.67 bits per heavy atom. The van der Waals surface area contributed by atoms with Crippen molar-refractivity contribution in [2.24, 2.45) is 0 Å². The van der Waals surface area contributed by atoms with Gasteiger partial charge in [0.25, 0.3) is 0 Å². The molecule has 2 nitrogen and oxygen atoms in total.